The fourth-order valence-electron chi connectivity index (χ4n) is 11.2. The second kappa shape index (κ2) is 43.8. The Balaban J connectivity index is 1.25. The highest BCUT2D eigenvalue weighted by Gasteiger charge is 2.52. The second-order valence-corrected chi connectivity index (χ2v) is 24.7. The number of aryl methyl sites for hydroxylation is 1. The van der Waals surface area contributed by atoms with E-state index in [-0.39, 0.29) is 38.6 Å². The van der Waals surface area contributed by atoms with Gasteiger partial charge in [0.05, 0.1) is 39.1 Å². The zero-order valence-electron chi connectivity index (χ0n) is 50.5. The largest absolute Gasteiger partial charge is 0.394 e. The van der Waals surface area contributed by atoms with Gasteiger partial charge >= 0.3 is 0 Å². The minimum atomic E-state index is -1.87. The summed E-state index contributed by atoms with van der Waals surface area (Å²) in [6.45, 7) is 1.45. The molecule has 4 rings (SSSR count). The second-order valence-electron chi connectivity index (χ2n) is 23.5. The third-order valence-corrected chi connectivity index (χ3v) is 17.1. The van der Waals surface area contributed by atoms with E-state index in [1.165, 1.54) is 130 Å². The van der Waals surface area contributed by atoms with Gasteiger partial charge in [-0.1, -0.05) is 167 Å². The van der Waals surface area contributed by atoms with Gasteiger partial charge in [-0.15, -0.1) is 0 Å². The molecule has 16 atom stereocenters. The summed E-state index contributed by atoms with van der Waals surface area (Å²) in [5.74, 6) is -0.844. The molecule has 11 N–H and O–H groups in total. The molecule has 1 aromatic rings. The third-order valence-electron chi connectivity index (χ3n) is 16.4. The van der Waals surface area contributed by atoms with Crippen molar-refractivity contribution < 1.29 is 93.8 Å². The van der Waals surface area contributed by atoms with Crippen LogP contribution in [-0.4, -0.2) is 219 Å². The lowest BCUT2D eigenvalue weighted by Crippen LogP contribution is -2.67. The molecule has 0 saturated carbocycles. The van der Waals surface area contributed by atoms with E-state index in [4.69, 9.17) is 33.2 Å². The molecule has 3 heterocycles. The topological polar surface area (TPSA) is 316 Å². The number of ether oxygens (including phenoxy) is 7. The number of nitrogens with zero attached hydrogens (tertiary/aromatic N) is 1. The van der Waals surface area contributed by atoms with Crippen LogP contribution in [0.5, 0.6) is 0 Å². The van der Waals surface area contributed by atoms with Gasteiger partial charge in [0.2, 0.25) is 11.8 Å². The Labute approximate surface area is 513 Å². The molecule has 1 aromatic carbocycles. The molecule has 3 saturated heterocycles. The van der Waals surface area contributed by atoms with Crippen LogP contribution in [0.4, 0.5) is 0 Å². The highest BCUT2D eigenvalue weighted by atomic mass is 127. The first-order chi connectivity index (χ1) is 40.6. The lowest BCUT2D eigenvalue weighted by atomic mass is 9.95. The van der Waals surface area contributed by atoms with E-state index in [0.29, 0.717) is 13.0 Å². The minimum absolute atomic E-state index is 0.0168. The average molecular weight is 1310 g/mol. The molecular weight excluding hydrogens is 1200 g/mol. The van der Waals surface area contributed by atoms with E-state index < -0.39 is 124 Å². The first-order valence-corrected chi connectivity index (χ1v) is 33.1. The molecule has 0 aliphatic carbocycles. The fourth-order valence-corrected chi connectivity index (χ4v) is 11.5. The van der Waals surface area contributed by atoms with Gasteiger partial charge < -0.3 is 94.4 Å². The van der Waals surface area contributed by atoms with Crippen LogP contribution in [-0.2, 0) is 49.2 Å². The monoisotopic (exact) mass is 1310 g/mol. The molecule has 3 fully saturated rings. The van der Waals surface area contributed by atoms with Gasteiger partial charge in [-0.2, -0.15) is 0 Å². The Bertz CT molecular complexity index is 1850. The molecule has 488 valence electrons. The normalized spacial score (nSPS) is 28.6. The van der Waals surface area contributed by atoms with Crippen molar-refractivity contribution in [2.45, 2.75) is 292 Å². The minimum Gasteiger partial charge on any atom is -0.394 e. The lowest BCUT2D eigenvalue weighted by Gasteiger charge is -2.47. The highest BCUT2D eigenvalue weighted by Crippen LogP contribution is 2.32. The molecule has 22 heteroatoms. The van der Waals surface area contributed by atoms with Crippen molar-refractivity contribution in [3.63, 3.8) is 0 Å². The molecule has 0 unspecified atom stereocenters. The quantitative estimate of drug-likeness (QED) is 0.0295. The third kappa shape index (κ3) is 27.9. The van der Waals surface area contributed by atoms with Crippen LogP contribution < -0.4 is 5.32 Å². The van der Waals surface area contributed by atoms with Crippen LogP contribution in [0.3, 0.4) is 0 Å². The maximum atomic E-state index is 13.8. The average Bonchev–Trinajstić information content (AvgIpc) is 2.46. The van der Waals surface area contributed by atoms with Crippen LogP contribution in [0.25, 0.3) is 0 Å². The van der Waals surface area contributed by atoms with Crippen LogP contribution >= 0.6 is 22.6 Å². The van der Waals surface area contributed by atoms with E-state index in [9.17, 15) is 60.7 Å². The zero-order valence-corrected chi connectivity index (χ0v) is 52.6. The van der Waals surface area contributed by atoms with Crippen LogP contribution in [0.15, 0.2) is 24.3 Å². The Morgan fingerprint density at radius 3 is 1.61 bits per heavy atom. The van der Waals surface area contributed by atoms with Gasteiger partial charge in [0.25, 0.3) is 0 Å². The van der Waals surface area contributed by atoms with Crippen molar-refractivity contribution >= 4 is 34.4 Å². The summed E-state index contributed by atoms with van der Waals surface area (Å²) in [6, 6.07) is 7.33. The Morgan fingerprint density at radius 1 is 0.571 bits per heavy atom. The molecule has 0 aromatic heterocycles. The van der Waals surface area contributed by atoms with Crippen molar-refractivity contribution in [3.8, 4) is 0 Å². The zero-order chi connectivity index (χ0) is 61.1. The summed E-state index contributed by atoms with van der Waals surface area (Å²) in [5.41, 5.74) is 1.41. The van der Waals surface area contributed by atoms with Crippen LogP contribution in [0, 0.1) is 3.57 Å². The molecule has 3 aliphatic rings. The van der Waals surface area contributed by atoms with Gasteiger partial charge in [-0.05, 0) is 66.0 Å². The van der Waals surface area contributed by atoms with Crippen molar-refractivity contribution in [3.05, 3.63) is 33.4 Å². The predicted molar refractivity (Wildman–Crippen MR) is 323 cm³/mol. The Kier molecular flexibility index (Phi) is 38.9. The molecule has 0 bridgehead atoms. The van der Waals surface area contributed by atoms with Gasteiger partial charge in [0.15, 0.2) is 18.9 Å². The summed E-state index contributed by atoms with van der Waals surface area (Å²) >= 11 is 2.34. The number of unbranched alkanes of at least 4 members (excludes halogenated alkanes) is 24. The number of amides is 2. The van der Waals surface area contributed by atoms with E-state index in [2.05, 4.69) is 59.1 Å². The number of halogens is 1. The van der Waals surface area contributed by atoms with Gasteiger partial charge in [-0.3, -0.25) is 9.59 Å². The molecule has 21 nitrogen and oxygen atoms in total. The first-order valence-electron chi connectivity index (χ1n) is 32.0. The number of hydrogen-bond donors (Lipinski definition) is 11. The summed E-state index contributed by atoms with van der Waals surface area (Å²) in [7, 11) is 0. The van der Waals surface area contributed by atoms with Gasteiger partial charge in [0.1, 0.15) is 73.2 Å². The first kappa shape index (κ1) is 74.7. The molecule has 0 spiro atoms. The number of aliphatic hydroxyl groups excluding tert-OH is 10. The smallest absolute Gasteiger partial charge is 0.222 e. The Morgan fingerprint density at radius 2 is 1.06 bits per heavy atom. The standard InChI is InChI=1S/C62H109IN2O19/c1-3-4-5-6-7-8-9-10-13-16-19-22-25-28-36-78-41-46(69)38-65(50(70)30-27-24-21-18-15-12-11-14-17-20-23-26-29-44-31-33-45(63)34-32-44)35-37-79-61-58(77)56(75)54(73)49(83-61)42-80-62-59(57(76)53(72)48(40-67)82-62)84-60-51(64-43(2)68)55(74)52(71)47(39-66)81-60/h31-34,46-49,51-62,66-67,69,71-77H,3-30,35-42H2,1-2H3,(H,64,68)/t46-,47+,48+,49+,51+,52+,53+,54+,55+,56-,57-,58+,59-,60-,61+,62-/m0/s1. The van der Waals surface area contributed by atoms with Crippen LogP contribution in [0.2, 0.25) is 0 Å². The molecule has 84 heavy (non-hydrogen) atoms. The number of carbonyl (C=O) groups excluding carboxylic acids is 2. The van der Waals surface area contributed by atoms with Gasteiger partial charge in [-0.25, -0.2) is 0 Å². The summed E-state index contributed by atoms with van der Waals surface area (Å²) in [6.07, 6.45) is 8.11. The van der Waals surface area contributed by atoms with Gasteiger partial charge in [0, 0.05) is 36.6 Å². The maximum Gasteiger partial charge on any atom is 0.222 e. The van der Waals surface area contributed by atoms with E-state index >= 15 is 0 Å². The van der Waals surface area contributed by atoms with Crippen molar-refractivity contribution in [2.24, 2.45) is 0 Å². The maximum absolute atomic E-state index is 13.8. The number of nitrogens with one attached hydrogen (secondary N) is 1. The van der Waals surface area contributed by atoms with Crippen molar-refractivity contribution in [1.29, 1.82) is 0 Å². The number of hydrogen-bond acceptors (Lipinski definition) is 19. The summed E-state index contributed by atoms with van der Waals surface area (Å²) in [4.78, 5) is 27.4. The SMILES string of the molecule is CCCCCCCCCCCCCCCCOC[C@@H](O)CN(CCO[C@@H]1O[C@H](CO[C@H]2O[C@H](CO)[C@@H](O)[C@H](O)[C@@H]2O[C@@H]2O[C@H](CO)[C@@H](O)[C@H](O)[C@H]2NC(C)=O)[C@@H](O)[C@H](O)[C@H]1O)C(=O)CCCCCCCCCCCCCCc1ccc(I)cc1. The number of aliphatic hydroxyl groups is 10. The predicted octanol–water partition coefficient (Wildman–Crippen LogP) is 5.20. The number of benzene rings is 1. The molecular formula is C62H109IN2O19. The molecule has 2 amide bonds. The Hall–Kier alpha value is -1.79. The molecule has 3 aliphatic heterocycles. The van der Waals surface area contributed by atoms with E-state index in [1.807, 2.05) is 0 Å². The lowest BCUT2D eigenvalue weighted by molar-refractivity contribution is -0.363. The van der Waals surface area contributed by atoms with E-state index in [1.54, 1.807) is 0 Å². The molecule has 0 radical (unpaired) electrons. The number of carbonyl (C=O) groups is 2. The summed E-state index contributed by atoms with van der Waals surface area (Å²) in [5, 5.41) is 110. The van der Waals surface area contributed by atoms with Crippen LogP contribution in [0.1, 0.15) is 193 Å². The highest BCUT2D eigenvalue weighted by molar-refractivity contribution is 14.1. The fraction of sp³-hybridized carbons (Fsp3) is 0.871. The number of rotatable bonds is 46. The summed E-state index contributed by atoms with van der Waals surface area (Å²) < 4.78 is 42.2. The van der Waals surface area contributed by atoms with E-state index in [0.717, 1.165) is 58.3 Å². The van der Waals surface area contributed by atoms with Crippen molar-refractivity contribution in [1.82, 2.24) is 10.2 Å². The van der Waals surface area contributed by atoms with Crippen molar-refractivity contribution in [2.75, 3.05) is 52.7 Å².